The van der Waals surface area contributed by atoms with Gasteiger partial charge in [0.1, 0.15) is 6.04 Å². The van der Waals surface area contributed by atoms with Gasteiger partial charge in [-0.3, -0.25) is 9.59 Å². The molecule has 3 aromatic carbocycles. The Morgan fingerprint density at radius 2 is 1.70 bits per heavy atom. The van der Waals surface area contributed by atoms with E-state index in [0.29, 0.717) is 42.9 Å². The summed E-state index contributed by atoms with van der Waals surface area (Å²) >= 11 is 5.89. The molecule has 30 heavy (non-hydrogen) atoms. The number of hydrogen-bond acceptors (Lipinski definition) is 3. The fourth-order valence-corrected chi connectivity index (χ4v) is 3.39. The van der Waals surface area contributed by atoms with E-state index in [1.54, 1.807) is 12.1 Å². The second kappa shape index (κ2) is 10.8. The van der Waals surface area contributed by atoms with E-state index < -0.39 is 6.04 Å². The van der Waals surface area contributed by atoms with Crippen molar-refractivity contribution in [3.8, 4) is 0 Å². The molecule has 0 aromatic heterocycles. The van der Waals surface area contributed by atoms with Gasteiger partial charge in [0.05, 0.1) is 0 Å². The number of aryl methyl sites for hydroxylation is 1. The highest BCUT2D eigenvalue weighted by Crippen LogP contribution is 2.19. The molecule has 6 heteroatoms. The lowest BCUT2D eigenvalue weighted by Gasteiger charge is -2.18. The van der Waals surface area contributed by atoms with Gasteiger partial charge in [-0.05, 0) is 66.4 Å². The average Bonchev–Trinajstić information content (AvgIpc) is 2.76. The van der Waals surface area contributed by atoms with E-state index in [1.807, 2.05) is 54.6 Å². The van der Waals surface area contributed by atoms with Crippen LogP contribution in [-0.4, -0.2) is 24.4 Å². The Balaban J connectivity index is 1.60. The summed E-state index contributed by atoms with van der Waals surface area (Å²) in [5, 5.41) is 8.58. The van der Waals surface area contributed by atoms with Crippen LogP contribution in [-0.2, 0) is 16.0 Å². The first kappa shape index (κ1) is 21.8. The molecule has 1 atom stereocenters. The maximum absolute atomic E-state index is 12.8. The van der Waals surface area contributed by atoms with Crippen LogP contribution in [0.1, 0.15) is 24.8 Å². The van der Waals surface area contributed by atoms with Gasteiger partial charge in [-0.1, -0.05) is 54.1 Å². The number of carbonyl (C=O) groups is 2. The summed E-state index contributed by atoms with van der Waals surface area (Å²) in [5.74, 6) is -0.404. The summed E-state index contributed by atoms with van der Waals surface area (Å²) in [6, 6.07) is 20.5. The van der Waals surface area contributed by atoms with Crippen LogP contribution in [0.15, 0.2) is 66.7 Å². The highest BCUT2D eigenvalue weighted by Gasteiger charge is 2.20. The monoisotopic (exact) mass is 423 g/mol. The van der Waals surface area contributed by atoms with Gasteiger partial charge in [0.25, 0.3) is 0 Å². The number of carbonyl (C=O) groups excluding carboxylic acids is 2. The van der Waals surface area contributed by atoms with Crippen LogP contribution >= 0.6 is 11.6 Å². The fraction of sp³-hybridized carbons (Fsp3) is 0.250. The molecule has 0 aliphatic heterocycles. The SMILES string of the molecule is NCCC[C@H](NC(=O)CCc1ccc(Cl)cc1)C(=O)Nc1ccc2ccccc2c1. The highest BCUT2D eigenvalue weighted by molar-refractivity contribution is 6.30. The largest absolute Gasteiger partial charge is 0.344 e. The number of fused-ring (bicyclic) bond motifs is 1. The third-order valence-electron chi connectivity index (χ3n) is 4.92. The topological polar surface area (TPSA) is 84.2 Å². The van der Waals surface area contributed by atoms with Crippen molar-refractivity contribution in [3.05, 3.63) is 77.3 Å². The maximum Gasteiger partial charge on any atom is 0.246 e. The number of rotatable bonds is 9. The molecule has 156 valence electrons. The number of amides is 2. The molecule has 0 aliphatic carbocycles. The molecule has 0 bridgehead atoms. The van der Waals surface area contributed by atoms with Crippen molar-refractivity contribution in [1.82, 2.24) is 5.32 Å². The second-order valence-electron chi connectivity index (χ2n) is 7.23. The lowest BCUT2D eigenvalue weighted by Crippen LogP contribution is -2.44. The molecule has 0 radical (unpaired) electrons. The molecule has 2 amide bonds. The molecule has 0 aliphatic rings. The standard InChI is InChI=1S/C24H26ClN3O2/c25-20-11-7-17(8-12-20)9-14-23(29)28-22(6-3-15-26)24(30)27-21-13-10-18-4-1-2-5-19(18)16-21/h1-2,4-5,7-8,10-13,16,22H,3,6,9,14-15,26H2,(H,27,30)(H,28,29)/t22-/m0/s1. The zero-order valence-electron chi connectivity index (χ0n) is 16.7. The highest BCUT2D eigenvalue weighted by atomic mass is 35.5. The van der Waals surface area contributed by atoms with Gasteiger partial charge in [0.2, 0.25) is 11.8 Å². The van der Waals surface area contributed by atoms with Crippen LogP contribution in [0.5, 0.6) is 0 Å². The lowest BCUT2D eigenvalue weighted by molar-refractivity contribution is -0.126. The van der Waals surface area contributed by atoms with Crippen LogP contribution in [0.3, 0.4) is 0 Å². The van der Waals surface area contributed by atoms with Crippen molar-refractivity contribution in [2.45, 2.75) is 31.7 Å². The van der Waals surface area contributed by atoms with Gasteiger partial charge < -0.3 is 16.4 Å². The summed E-state index contributed by atoms with van der Waals surface area (Å²) in [7, 11) is 0. The molecule has 3 aromatic rings. The van der Waals surface area contributed by atoms with Crippen LogP contribution in [0.2, 0.25) is 5.02 Å². The fourth-order valence-electron chi connectivity index (χ4n) is 3.26. The zero-order valence-corrected chi connectivity index (χ0v) is 17.5. The van der Waals surface area contributed by atoms with Gasteiger partial charge in [-0.15, -0.1) is 0 Å². The Hall–Kier alpha value is -2.89. The van der Waals surface area contributed by atoms with Crippen molar-refractivity contribution in [2.75, 3.05) is 11.9 Å². The Morgan fingerprint density at radius 1 is 0.967 bits per heavy atom. The minimum Gasteiger partial charge on any atom is -0.344 e. The van der Waals surface area contributed by atoms with Crippen LogP contribution < -0.4 is 16.4 Å². The van der Waals surface area contributed by atoms with E-state index in [-0.39, 0.29) is 11.8 Å². The number of nitrogens with two attached hydrogens (primary N) is 1. The predicted molar refractivity (Wildman–Crippen MR) is 123 cm³/mol. The van der Waals surface area contributed by atoms with Gasteiger partial charge >= 0.3 is 0 Å². The maximum atomic E-state index is 12.8. The third-order valence-corrected chi connectivity index (χ3v) is 5.17. The quantitative estimate of drug-likeness (QED) is 0.480. The minimum atomic E-state index is -0.627. The number of benzene rings is 3. The van der Waals surface area contributed by atoms with Gasteiger partial charge in [0, 0.05) is 17.1 Å². The first-order valence-corrected chi connectivity index (χ1v) is 10.5. The molecular formula is C24H26ClN3O2. The number of anilines is 1. The van der Waals surface area contributed by atoms with Crippen LogP contribution in [0.25, 0.3) is 10.8 Å². The molecule has 0 saturated carbocycles. The lowest BCUT2D eigenvalue weighted by atomic mass is 10.1. The number of nitrogens with one attached hydrogen (secondary N) is 2. The molecule has 0 spiro atoms. The van der Waals surface area contributed by atoms with E-state index in [9.17, 15) is 9.59 Å². The second-order valence-corrected chi connectivity index (χ2v) is 7.67. The molecule has 3 rings (SSSR count). The van der Waals surface area contributed by atoms with Gasteiger partial charge in [0.15, 0.2) is 0 Å². The molecule has 4 N–H and O–H groups in total. The molecular weight excluding hydrogens is 398 g/mol. The Morgan fingerprint density at radius 3 is 2.43 bits per heavy atom. The molecule has 0 unspecified atom stereocenters. The summed E-state index contributed by atoms with van der Waals surface area (Å²) < 4.78 is 0. The van der Waals surface area contributed by atoms with E-state index in [4.69, 9.17) is 17.3 Å². The summed E-state index contributed by atoms with van der Waals surface area (Å²) in [6.07, 6.45) is 2.01. The number of hydrogen-bond donors (Lipinski definition) is 3. The summed E-state index contributed by atoms with van der Waals surface area (Å²) in [6.45, 7) is 0.459. The molecule has 0 heterocycles. The molecule has 5 nitrogen and oxygen atoms in total. The normalized spacial score (nSPS) is 11.8. The van der Waals surface area contributed by atoms with E-state index in [1.165, 1.54) is 0 Å². The van der Waals surface area contributed by atoms with Crippen molar-refractivity contribution in [1.29, 1.82) is 0 Å². The van der Waals surface area contributed by atoms with Crippen molar-refractivity contribution in [3.63, 3.8) is 0 Å². The van der Waals surface area contributed by atoms with E-state index >= 15 is 0 Å². The Labute approximate surface area is 181 Å². The van der Waals surface area contributed by atoms with Crippen LogP contribution in [0.4, 0.5) is 5.69 Å². The minimum absolute atomic E-state index is 0.166. The van der Waals surface area contributed by atoms with Gasteiger partial charge in [-0.25, -0.2) is 0 Å². The Bertz CT molecular complexity index is 1000. The first-order chi connectivity index (χ1) is 14.5. The molecule has 0 fully saturated rings. The number of halogens is 1. The van der Waals surface area contributed by atoms with Crippen LogP contribution in [0, 0.1) is 0 Å². The van der Waals surface area contributed by atoms with Gasteiger partial charge in [-0.2, -0.15) is 0 Å². The summed E-state index contributed by atoms with van der Waals surface area (Å²) in [4.78, 5) is 25.3. The van der Waals surface area contributed by atoms with E-state index in [2.05, 4.69) is 10.6 Å². The van der Waals surface area contributed by atoms with E-state index in [0.717, 1.165) is 16.3 Å². The van der Waals surface area contributed by atoms with Crippen molar-refractivity contribution in [2.24, 2.45) is 5.73 Å². The zero-order chi connectivity index (χ0) is 21.3. The van der Waals surface area contributed by atoms with Crippen molar-refractivity contribution < 1.29 is 9.59 Å². The summed E-state index contributed by atoms with van der Waals surface area (Å²) in [5.41, 5.74) is 7.34. The smallest absolute Gasteiger partial charge is 0.246 e. The third kappa shape index (κ3) is 6.31. The van der Waals surface area contributed by atoms with Crippen molar-refractivity contribution >= 4 is 39.9 Å². The first-order valence-electron chi connectivity index (χ1n) is 10.1. The predicted octanol–water partition coefficient (Wildman–Crippen LogP) is 4.29. The molecule has 0 saturated heterocycles. The average molecular weight is 424 g/mol. The Kier molecular flexibility index (Phi) is 7.82.